The molecule has 5 heteroatoms. The van der Waals surface area contributed by atoms with E-state index in [1.54, 1.807) is 29.4 Å². The van der Waals surface area contributed by atoms with Gasteiger partial charge in [0.2, 0.25) is 5.91 Å². The molecule has 2 aromatic heterocycles. The second-order valence-corrected chi connectivity index (χ2v) is 4.69. The summed E-state index contributed by atoms with van der Waals surface area (Å²) in [5.74, 6) is 0.0823. The van der Waals surface area contributed by atoms with Gasteiger partial charge in [0.15, 0.2) is 0 Å². The number of hydrogen-bond donors (Lipinski definition) is 0. The first kappa shape index (κ1) is 11.9. The van der Waals surface area contributed by atoms with Crippen LogP contribution in [0.15, 0.2) is 33.7 Å². The van der Waals surface area contributed by atoms with Crippen LogP contribution in [0.25, 0.3) is 0 Å². The highest BCUT2D eigenvalue weighted by molar-refractivity contribution is 7.07. The number of nitrogens with zero attached hydrogens (tertiary/aromatic N) is 2. The zero-order valence-corrected chi connectivity index (χ0v) is 10.6. The van der Waals surface area contributed by atoms with Crippen LogP contribution in [0.2, 0.25) is 0 Å². The Bertz CT molecular complexity index is 465. The molecule has 1 atom stereocenters. The Hall–Kier alpha value is -1.62. The summed E-state index contributed by atoms with van der Waals surface area (Å²) in [7, 11) is 1.79. The molecule has 0 N–H and O–H groups in total. The molecule has 2 rings (SSSR count). The summed E-state index contributed by atoms with van der Waals surface area (Å²) in [6.45, 7) is 1.93. The minimum absolute atomic E-state index is 0.0696. The summed E-state index contributed by atoms with van der Waals surface area (Å²) in [6, 6.07) is 3.68. The van der Waals surface area contributed by atoms with Crippen molar-refractivity contribution in [1.82, 2.24) is 10.1 Å². The number of hydrogen-bond acceptors (Lipinski definition) is 4. The molecule has 0 spiro atoms. The molecule has 0 aliphatic carbocycles. The normalized spacial score (nSPS) is 12.4. The van der Waals surface area contributed by atoms with Crippen LogP contribution >= 0.6 is 11.3 Å². The highest BCUT2D eigenvalue weighted by Crippen LogP contribution is 2.18. The van der Waals surface area contributed by atoms with Crippen molar-refractivity contribution in [3.05, 3.63) is 40.4 Å². The van der Waals surface area contributed by atoms with E-state index < -0.39 is 0 Å². The number of likely N-dealkylation sites (N-methyl/N-ethyl adjacent to an activating group) is 1. The Morgan fingerprint density at radius 1 is 1.59 bits per heavy atom. The molecule has 0 aliphatic heterocycles. The van der Waals surface area contributed by atoms with Crippen molar-refractivity contribution in [2.24, 2.45) is 0 Å². The minimum atomic E-state index is -0.0696. The molecule has 0 aromatic carbocycles. The highest BCUT2D eigenvalue weighted by Gasteiger charge is 2.19. The fourth-order valence-electron chi connectivity index (χ4n) is 1.54. The topological polar surface area (TPSA) is 46.3 Å². The SMILES string of the molecule is C[C@H](c1ccon1)N(C)C(=O)Cc1ccsc1. The monoisotopic (exact) mass is 250 g/mol. The predicted molar refractivity (Wildman–Crippen MR) is 65.7 cm³/mol. The van der Waals surface area contributed by atoms with Gasteiger partial charge in [0.05, 0.1) is 12.5 Å². The average Bonchev–Trinajstić information content (AvgIpc) is 2.99. The van der Waals surface area contributed by atoms with Gasteiger partial charge in [-0.1, -0.05) is 5.16 Å². The summed E-state index contributed by atoms with van der Waals surface area (Å²) in [6.07, 6.45) is 1.95. The Morgan fingerprint density at radius 3 is 3.00 bits per heavy atom. The number of carbonyl (C=O) groups is 1. The van der Waals surface area contributed by atoms with Crippen molar-refractivity contribution in [3.8, 4) is 0 Å². The first-order valence-corrected chi connectivity index (χ1v) is 6.30. The number of amides is 1. The van der Waals surface area contributed by atoms with E-state index in [9.17, 15) is 4.79 Å². The molecule has 0 bridgehead atoms. The second-order valence-electron chi connectivity index (χ2n) is 3.91. The summed E-state index contributed by atoms with van der Waals surface area (Å²) in [4.78, 5) is 13.7. The first-order valence-electron chi connectivity index (χ1n) is 5.35. The van der Waals surface area contributed by atoms with Crippen LogP contribution in [0.3, 0.4) is 0 Å². The number of rotatable bonds is 4. The third-order valence-electron chi connectivity index (χ3n) is 2.80. The fourth-order valence-corrected chi connectivity index (χ4v) is 2.21. The molecule has 0 fully saturated rings. The van der Waals surface area contributed by atoms with E-state index in [-0.39, 0.29) is 11.9 Å². The lowest BCUT2D eigenvalue weighted by Gasteiger charge is -2.22. The number of thiophene rings is 1. The van der Waals surface area contributed by atoms with Gasteiger partial charge in [0, 0.05) is 13.1 Å². The Kier molecular flexibility index (Phi) is 3.58. The third-order valence-corrected chi connectivity index (χ3v) is 3.53. The van der Waals surface area contributed by atoms with Gasteiger partial charge in [-0.3, -0.25) is 4.79 Å². The molecule has 90 valence electrons. The quantitative estimate of drug-likeness (QED) is 0.837. The van der Waals surface area contributed by atoms with Crippen molar-refractivity contribution in [3.63, 3.8) is 0 Å². The average molecular weight is 250 g/mol. The van der Waals surface area contributed by atoms with Gasteiger partial charge in [-0.05, 0) is 29.3 Å². The smallest absolute Gasteiger partial charge is 0.227 e. The molecule has 0 aliphatic rings. The molecule has 2 heterocycles. The molecule has 1 amide bonds. The van der Waals surface area contributed by atoms with E-state index in [4.69, 9.17) is 4.52 Å². The largest absolute Gasteiger partial charge is 0.364 e. The van der Waals surface area contributed by atoms with Gasteiger partial charge in [0.25, 0.3) is 0 Å². The molecule has 0 saturated carbocycles. The summed E-state index contributed by atoms with van der Waals surface area (Å²) in [5, 5.41) is 7.82. The lowest BCUT2D eigenvalue weighted by atomic mass is 10.1. The van der Waals surface area contributed by atoms with E-state index in [0.29, 0.717) is 6.42 Å². The lowest BCUT2D eigenvalue weighted by Crippen LogP contribution is -2.31. The molecule has 0 unspecified atom stereocenters. The van der Waals surface area contributed by atoms with Crippen molar-refractivity contribution in [2.75, 3.05) is 7.05 Å². The highest BCUT2D eigenvalue weighted by atomic mass is 32.1. The maximum Gasteiger partial charge on any atom is 0.227 e. The van der Waals surface area contributed by atoms with Crippen LogP contribution in [0.1, 0.15) is 24.2 Å². The Labute approximate surface area is 104 Å². The van der Waals surface area contributed by atoms with E-state index in [1.807, 2.05) is 23.8 Å². The van der Waals surface area contributed by atoms with Crippen LogP contribution in [0.5, 0.6) is 0 Å². The predicted octanol–water partition coefficient (Wildman–Crippen LogP) is 2.50. The number of aromatic nitrogens is 1. The molecule has 17 heavy (non-hydrogen) atoms. The third kappa shape index (κ3) is 2.74. The van der Waals surface area contributed by atoms with Crippen molar-refractivity contribution >= 4 is 17.2 Å². The molecule has 0 radical (unpaired) electrons. The van der Waals surface area contributed by atoms with E-state index in [0.717, 1.165) is 11.3 Å². The van der Waals surface area contributed by atoms with Gasteiger partial charge >= 0.3 is 0 Å². The van der Waals surface area contributed by atoms with Crippen molar-refractivity contribution in [2.45, 2.75) is 19.4 Å². The van der Waals surface area contributed by atoms with Crippen LogP contribution in [0.4, 0.5) is 0 Å². The van der Waals surface area contributed by atoms with Gasteiger partial charge in [-0.2, -0.15) is 11.3 Å². The maximum atomic E-state index is 12.0. The summed E-state index contributed by atoms with van der Waals surface area (Å²) in [5.41, 5.74) is 1.82. The van der Waals surface area contributed by atoms with E-state index >= 15 is 0 Å². The molecule has 2 aromatic rings. The first-order chi connectivity index (χ1) is 8.18. The fraction of sp³-hybridized carbons (Fsp3) is 0.333. The van der Waals surface area contributed by atoms with Crippen LogP contribution < -0.4 is 0 Å². The summed E-state index contributed by atoms with van der Waals surface area (Å²) >= 11 is 1.60. The van der Waals surface area contributed by atoms with Crippen molar-refractivity contribution < 1.29 is 9.32 Å². The van der Waals surface area contributed by atoms with Gasteiger partial charge in [-0.15, -0.1) is 0 Å². The Morgan fingerprint density at radius 2 is 2.41 bits per heavy atom. The Balaban J connectivity index is 2.00. The molecular weight excluding hydrogens is 236 g/mol. The van der Waals surface area contributed by atoms with Gasteiger partial charge in [0.1, 0.15) is 12.0 Å². The summed E-state index contributed by atoms with van der Waals surface area (Å²) < 4.78 is 4.79. The maximum absolute atomic E-state index is 12.0. The van der Waals surface area contributed by atoms with E-state index in [2.05, 4.69) is 5.16 Å². The van der Waals surface area contributed by atoms with Crippen LogP contribution in [-0.4, -0.2) is 23.0 Å². The minimum Gasteiger partial charge on any atom is -0.364 e. The molecule has 0 saturated heterocycles. The second kappa shape index (κ2) is 5.14. The van der Waals surface area contributed by atoms with Crippen molar-refractivity contribution in [1.29, 1.82) is 0 Å². The molecule has 4 nitrogen and oxygen atoms in total. The standard InChI is InChI=1S/C12H14N2O2S/c1-9(11-3-5-16-13-11)14(2)12(15)7-10-4-6-17-8-10/h3-6,8-9H,7H2,1-2H3/t9-/m1/s1. The van der Waals surface area contributed by atoms with E-state index in [1.165, 1.54) is 6.26 Å². The molecular formula is C12H14N2O2S. The van der Waals surface area contributed by atoms with Gasteiger partial charge < -0.3 is 9.42 Å². The lowest BCUT2D eigenvalue weighted by molar-refractivity contribution is -0.131. The van der Waals surface area contributed by atoms with Crippen LogP contribution in [-0.2, 0) is 11.2 Å². The zero-order chi connectivity index (χ0) is 12.3. The van der Waals surface area contributed by atoms with Gasteiger partial charge in [-0.25, -0.2) is 0 Å². The number of carbonyl (C=O) groups excluding carboxylic acids is 1. The van der Waals surface area contributed by atoms with Crippen LogP contribution in [0, 0.1) is 0 Å². The zero-order valence-electron chi connectivity index (χ0n) is 9.79.